The monoisotopic (exact) mass is 346 g/mol. The summed E-state index contributed by atoms with van der Waals surface area (Å²) in [6.07, 6.45) is 0. The third-order valence-corrected chi connectivity index (χ3v) is 4.13. The van der Waals surface area contributed by atoms with Gasteiger partial charge in [-0.3, -0.25) is 9.59 Å². The highest BCUT2D eigenvalue weighted by atomic mass is 35.5. The summed E-state index contributed by atoms with van der Waals surface area (Å²) in [6, 6.07) is 15.7. The van der Waals surface area contributed by atoms with Crippen molar-refractivity contribution in [1.29, 1.82) is 0 Å². The third kappa shape index (κ3) is 2.71. The number of carbonyl (C=O) groups is 2. The highest BCUT2D eigenvalue weighted by Crippen LogP contribution is 2.33. The second kappa shape index (κ2) is 6.07. The Morgan fingerprint density at radius 3 is 2.26 bits per heavy atom. The molecule has 0 aromatic heterocycles. The zero-order valence-electron chi connectivity index (χ0n) is 12.2. The van der Waals surface area contributed by atoms with Crippen LogP contribution in [0.3, 0.4) is 0 Å². The first-order valence-electron chi connectivity index (χ1n) is 6.83. The number of amides is 2. The van der Waals surface area contributed by atoms with Crippen LogP contribution in [-0.4, -0.2) is 18.9 Å². The van der Waals surface area contributed by atoms with Gasteiger partial charge < -0.3 is 4.90 Å². The Morgan fingerprint density at radius 1 is 0.913 bits per heavy atom. The van der Waals surface area contributed by atoms with Gasteiger partial charge in [0.2, 0.25) is 0 Å². The fraction of sp³-hybridized carbons (Fsp3) is 0.0588. The maximum atomic E-state index is 12.7. The van der Waals surface area contributed by atoms with Crippen molar-refractivity contribution in [3.63, 3.8) is 0 Å². The van der Waals surface area contributed by atoms with Crippen LogP contribution in [0.2, 0.25) is 5.02 Å². The van der Waals surface area contributed by atoms with E-state index in [9.17, 15) is 9.59 Å². The fourth-order valence-corrected chi connectivity index (χ4v) is 2.89. The van der Waals surface area contributed by atoms with Gasteiger partial charge in [-0.05, 0) is 30.3 Å². The van der Waals surface area contributed by atoms with Gasteiger partial charge in [0.1, 0.15) is 10.7 Å². The molecule has 0 spiro atoms. The van der Waals surface area contributed by atoms with Crippen LogP contribution in [0, 0.1) is 0 Å². The predicted octanol–water partition coefficient (Wildman–Crippen LogP) is 3.80. The van der Waals surface area contributed by atoms with Gasteiger partial charge in [-0.25, -0.2) is 4.90 Å². The van der Waals surface area contributed by atoms with Crippen LogP contribution >= 0.6 is 23.2 Å². The van der Waals surface area contributed by atoms with Crippen molar-refractivity contribution in [3.05, 3.63) is 70.3 Å². The minimum Gasteiger partial charge on any atom is -0.339 e. The lowest BCUT2D eigenvalue weighted by atomic mass is 10.2. The summed E-state index contributed by atoms with van der Waals surface area (Å²) in [6.45, 7) is 0. The SMILES string of the molecule is CN(C1=C(Cl)C(=O)N(c2cccc(Cl)c2)C1=O)c1ccccc1. The van der Waals surface area contributed by atoms with Gasteiger partial charge in [-0.2, -0.15) is 0 Å². The summed E-state index contributed by atoms with van der Waals surface area (Å²) in [4.78, 5) is 27.8. The van der Waals surface area contributed by atoms with Crippen molar-refractivity contribution >= 4 is 46.4 Å². The Hall–Kier alpha value is -2.30. The van der Waals surface area contributed by atoms with E-state index in [4.69, 9.17) is 23.2 Å². The average Bonchev–Trinajstić information content (AvgIpc) is 2.77. The molecule has 1 heterocycles. The van der Waals surface area contributed by atoms with Gasteiger partial charge in [0, 0.05) is 17.8 Å². The lowest BCUT2D eigenvalue weighted by molar-refractivity contribution is -0.120. The van der Waals surface area contributed by atoms with E-state index in [1.165, 1.54) is 0 Å². The smallest absolute Gasteiger partial charge is 0.283 e. The number of likely N-dealkylation sites (N-methyl/N-ethyl adjacent to an activating group) is 1. The molecule has 23 heavy (non-hydrogen) atoms. The lowest BCUT2D eigenvalue weighted by Crippen LogP contribution is -2.34. The van der Waals surface area contributed by atoms with Crippen molar-refractivity contribution in [2.45, 2.75) is 0 Å². The molecule has 2 amide bonds. The normalized spacial score (nSPS) is 14.7. The van der Waals surface area contributed by atoms with Gasteiger partial charge in [-0.15, -0.1) is 0 Å². The molecule has 2 aromatic carbocycles. The molecule has 0 aliphatic carbocycles. The molecule has 4 nitrogen and oxygen atoms in total. The quantitative estimate of drug-likeness (QED) is 0.793. The number of rotatable bonds is 3. The Balaban J connectivity index is 2.00. The van der Waals surface area contributed by atoms with Crippen LogP contribution in [0.25, 0.3) is 0 Å². The van der Waals surface area contributed by atoms with E-state index in [2.05, 4.69) is 0 Å². The highest BCUT2D eigenvalue weighted by Gasteiger charge is 2.40. The number of hydrogen-bond donors (Lipinski definition) is 0. The molecule has 0 radical (unpaired) electrons. The lowest BCUT2D eigenvalue weighted by Gasteiger charge is -2.21. The fourth-order valence-electron chi connectivity index (χ4n) is 2.41. The third-order valence-electron chi connectivity index (χ3n) is 3.55. The van der Waals surface area contributed by atoms with E-state index in [-0.39, 0.29) is 10.7 Å². The minimum absolute atomic E-state index is 0.110. The van der Waals surface area contributed by atoms with Gasteiger partial charge >= 0.3 is 0 Å². The Morgan fingerprint density at radius 2 is 1.61 bits per heavy atom. The molecule has 0 N–H and O–H groups in total. The zero-order chi connectivity index (χ0) is 16.6. The number of nitrogens with zero attached hydrogens (tertiary/aromatic N) is 2. The number of benzene rings is 2. The van der Waals surface area contributed by atoms with E-state index < -0.39 is 11.8 Å². The van der Waals surface area contributed by atoms with Gasteiger partial charge in [0.15, 0.2) is 0 Å². The molecule has 6 heteroatoms. The number of halogens is 2. The first-order valence-corrected chi connectivity index (χ1v) is 7.59. The Labute approximate surface area is 143 Å². The van der Waals surface area contributed by atoms with E-state index in [0.717, 1.165) is 10.6 Å². The molecular formula is C17H12Cl2N2O2. The van der Waals surface area contributed by atoms with E-state index in [0.29, 0.717) is 10.7 Å². The minimum atomic E-state index is -0.559. The van der Waals surface area contributed by atoms with Crippen molar-refractivity contribution < 1.29 is 9.59 Å². The van der Waals surface area contributed by atoms with E-state index in [1.807, 2.05) is 30.3 Å². The number of carbonyl (C=O) groups excluding carboxylic acids is 2. The van der Waals surface area contributed by atoms with E-state index >= 15 is 0 Å². The van der Waals surface area contributed by atoms with Crippen LogP contribution in [0.4, 0.5) is 11.4 Å². The molecular weight excluding hydrogens is 335 g/mol. The summed E-state index contributed by atoms with van der Waals surface area (Å²) in [7, 11) is 1.69. The summed E-state index contributed by atoms with van der Waals surface area (Å²) in [5.74, 6) is -1.04. The van der Waals surface area contributed by atoms with Crippen molar-refractivity contribution in [2.24, 2.45) is 0 Å². The van der Waals surface area contributed by atoms with E-state index in [1.54, 1.807) is 36.2 Å². The van der Waals surface area contributed by atoms with Crippen LogP contribution in [0.5, 0.6) is 0 Å². The molecule has 0 unspecified atom stereocenters. The van der Waals surface area contributed by atoms with Gasteiger partial charge in [0.05, 0.1) is 5.69 Å². The molecule has 0 atom stereocenters. The second-order valence-corrected chi connectivity index (χ2v) is 5.80. The van der Waals surface area contributed by atoms with Gasteiger partial charge in [-0.1, -0.05) is 47.5 Å². The standard InChI is InChI=1S/C17H12Cl2N2O2/c1-20(12-7-3-2-4-8-12)15-14(19)16(22)21(17(15)23)13-9-5-6-11(18)10-13/h2-10H,1H3. The number of anilines is 2. The van der Waals surface area contributed by atoms with Gasteiger partial charge in [0.25, 0.3) is 11.8 Å². The second-order valence-electron chi connectivity index (χ2n) is 4.98. The van der Waals surface area contributed by atoms with Crippen LogP contribution < -0.4 is 9.80 Å². The molecule has 3 rings (SSSR count). The average molecular weight is 347 g/mol. The highest BCUT2D eigenvalue weighted by molar-refractivity contribution is 6.53. The summed E-state index contributed by atoms with van der Waals surface area (Å²) in [5.41, 5.74) is 1.29. The summed E-state index contributed by atoms with van der Waals surface area (Å²) >= 11 is 12.1. The van der Waals surface area contributed by atoms with Crippen LogP contribution in [0.1, 0.15) is 0 Å². The number of hydrogen-bond acceptors (Lipinski definition) is 3. The Kier molecular flexibility index (Phi) is 4.11. The maximum absolute atomic E-state index is 12.7. The summed E-state index contributed by atoms with van der Waals surface area (Å²) in [5, 5.41) is 0.324. The first-order chi connectivity index (χ1) is 11.0. The molecule has 1 aliphatic heterocycles. The largest absolute Gasteiger partial charge is 0.339 e. The Bertz CT molecular complexity index is 818. The zero-order valence-corrected chi connectivity index (χ0v) is 13.7. The van der Waals surface area contributed by atoms with Crippen molar-refractivity contribution in [3.8, 4) is 0 Å². The first kappa shape index (κ1) is 15.6. The van der Waals surface area contributed by atoms with Crippen LogP contribution in [-0.2, 0) is 9.59 Å². The molecule has 0 fully saturated rings. The van der Waals surface area contributed by atoms with Crippen molar-refractivity contribution in [1.82, 2.24) is 0 Å². The molecule has 0 saturated heterocycles. The van der Waals surface area contributed by atoms with Crippen LogP contribution in [0.15, 0.2) is 65.3 Å². The topological polar surface area (TPSA) is 40.6 Å². The molecule has 116 valence electrons. The summed E-state index contributed by atoms with van der Waals surface area (Å²) < 4.78 is 0. The molecule has 2 aromatic rings. The molecule has 0 saturated carbocycles. The number of para-hydroxylation sites is 1. The predicted molar refractivity (Wildman–Crippen MR) is 91.7 cm³/mol. The molecule has 0 bridgehead atoms. The number of imide groups is 1. The molecule has 1 aliphatic rings. The van der Waals surface area contributed by atoms with Crippen molar-refractivity contribution in [2.75, 3.05) is 16.8 Å². The maximum Gasteiger partial charge on any atom is 0.283 e.